The molecule has 0 spiro atoms. The predicted octanol–water partition coefficient (Wildman–Crippen LogP) is 4.28. The molecule has 0 aliphatic rings. The molecule has 0 unspecified atom stereocenters. The van der Waals surface area contributed by atoms with Crippen molar-refractivity contribution >= 4 is 29.2 Å². The Bertz CT molecular complexity index is 672. The van der Waals surface area contributed by atoms with E-state index in [4.69, 9.17) is 0 Å². The minimum absolute atomic E-state index is 0.0759. The first-order chi connectivity index (χ1) is 11.1. The highest BCUT2D eigenvalue weighted by Crippen LogP contribution is 2.29. The number of nitrogens with zero attached hydrogens (tertiary/aromatic N) is 1. The van der Waals surface area contributed by atoms with Crippen molar-refractivity contribution < 1.29 is 9.72 Å². The number of hydrogen-bond donors (Lipinski definition) is 2. The molecule has 23 heavy (non-hydrogen) atoms. The predicted molar refractivity (Wildman–Crippen MR) is 91.0 cm³/mol. The van der Waals surface area contributed by atoms with Gasteiger partial charge in [0, 0.05) is 34.2 Å². The van der Waals surface area contributed by atoms with Crippen LogP contribution in [0.25, 0.3) is 0 Å². The second-order valence-electron chi connectivity index (χ2n) is 4.76. The molecule has 0 aliphatic heterocycles. The fraction of sp³-hybridized carbons (Fsp3) is 0.188. The summed E-state index contributed by atoms with van der Waals surface area (Å²) in [7, 11) is 0. The van der Waals surface area contributed by atoms with Gasteiger partial charge in [0.15, 0.2) is 0 Å². The zero-order chi connectivity index (χ0) is 16.7. The van der Waals surface area contributed by atoms with Crippen LogP contribution in [-0.4, -0.2) is 17.5 Å². The third-order valence-electron chi connectivity index (χ3n) is 2.93. The van der Waals surface area contributed by atoms with E-state index < -0.39 is 4.92 Å². The van der Waals surface area contributed by atoms with Gasteiger partial charge in [0.1, 0.15) is 0 Å². The fourth-order valence-corrected chi connectivity index (χ4v) is 2.61. The largest absolute Gasteiger partial charge is 0.338 e. The zero-order valence-corrected chi connectivity index (χ0v) is 13.4. The molecule has 0 saturated heterocycles. The Morgan fingerprint density at radius 2 is 1.65 bits per heavy atom. The van der Waals surface area contributed by atoms with Crippen LogP contribution in [0.1, 0.15) is 13.3 Å². The molecule has 0 saturated carbocycles. The molecule has 2 aromatic rings. The lowest BCUT2D eigenvalue weighted by molar-refractivity contribution is -0.384. The van der Waals surface area contributed by atoms with Crippen LogP contribution in [-0.2, 0) is 0 Å². The third-order valence-corrected chi connectivity index (χ3v) is 3.95. The van der Waals surface area contributed by atoms with Gasteiger partial charge in [-0.15, -0.1) is 0 Å². The standard InChI is InChI=1S/C16H17N3O3S/c1-2-11-17-16(20)18-12-3-7-14(8-4-12)23-15-9-5-13(6-10-15)19(21)22/h3-10H,2,11H2,1H3,(H2,17,18,20). The van der Waals surface area contributed by atoms with Gasteiger partial charge in [-0.2, -0.15) is 0 Å². The summed E-state index contributed by atoms with van der Waals surface area (Å²) in [5, 5.41) is 16.1. The number of carbonyl (C=O) groups excluding carboxylic acids is 1. The Balaban J connectivity index is 1.94. The SMILES string of the molecule is CCCNC(=O)Nc1ccc(Sc2ccc([N+](=O)[O-])cc2)cc1. The Morgan fingerprint density at radius 3 is 2.17 bits per heavy atom. The first-order valence-corrected chi connectivity index (χ1v) is 7.97. The molecule has 0 fully saturated rings. The third kappa shape index (κ3) is 5.30. The minimum atomic E-state index is -0.418. The van der Waals surface area contributed by atoms with E-state index in [0.717, 1.165) is 16.2 Å². The molecule has 0 aliphatic carbocycles. The first-order valence-electron chi connectivity index (χ1n) is 7.15. The number of hydrogen-bond acceptors (Lipinski definition) is 4. The van der Waals surface area contributed by atoms with E-state index >= 15 is 0 Å². The smallest absolute Gasteiger partial charge is 0.319 e. The lowest BCUT2D eigenvalue weighted by Gasteiger charge is -2.07. The Labute approximate surface area is 138 Å². The molecular formula is C16H17N3O3S. The van der Waals surface area contributed by atoms with Crippen molar-refractivity contribution in [2.24, 2.45) is 0 Å². The van der Waals surface area contributed by atoms with Crippen LogP contribution in [0, 0.1) is 10.1 Å². The Morgan fingerprint density at radius 1 is 1.09 bits per heavy atom. The molecule has 2 rings (SSSR count). The number of non-ortho nitro benzene ring substituents is 1. The van der Waals surface area contributed by atoms with Crippen molar-refractivity contribution in [2.75, 3.05) is 11.9 Å². The van der Waals surface area contributed by atoms with E-state index in [1.807, 2.05) is 31.2 Å². The van der Waals surface area contributed by atoms with Gasteiger partial charge in [-0.1, -0.05) is 18.7 Å². The van der Waals surface area contributed by atoms with E-state index in [0.29, 0.717) is 12.2 Å². The molecule has 120 valence electrons. The normalized spacial score (nSPS) is 10.1. The number of anilines is 1. The fourth-order valence-electron chi connectivity index (χ4n) is 1.79. The van der Waals surface area contributed by atoms with Crippen LogP contribution in [0.3, 0.4) is 0 Å². The van der Waals surface area contributed by atoms with E-state index in [1.165, 1.54) is 23.9 Å². The van der Waals surface area contributed by atoms with Crippen LogP contribution in [0.15, 0.2) is 58.3 Å². The van der Waals surface area contributed by atoms with Crippen LogP contribution in [0.4, 0.5) is 16.2 Å². The van der Waals surface area contributed by atoms with Gasteiger partial charge in [-0.05, 0) is 42.8 Å². The molecule has 0 heterocycles. The number of nitro benzene ring substituents is 1. The number of carbonyl (C=O) groups is 1. The summed E-state index contributed by atoms with van der Waals surface area (Å²) in [5.41, 5.74) is 0.790. The molecule has 6 nitrogen and oxygen atoms in total. The van der Waals surface area contributed by atoms with Gasteiger partial charge in [0.25, 0.3) is 5.69 Å². The molecule has 2 N–H and O–H groups in total. The quantitative estimate of drug-likeness (QED) is 0.611. The van der Waals surface area contributed by atoms with Gasteiger partial charge < -0.3 is 10.6 Å². The highest BCUT2D eigenvalue weighted by atomic mass is 32.2. The number of amides is 2. The Hall–Kier alpha value is -2.54. The van der Waals surface area contributed by atoms with Crippen LogP contribution in [0.5, 0.6) is 0 Å². The maximum atomic E-state index is 11.6. The number of rotatable bonds is 6. The van der Waals surface area contributed by atoms with Crippen molar-refractivity contribution in [1.29, 1.82) is 0 Å². The summed E-state index contributed by atoms with van der Waals surface area (Å²) in [5.74, 6) is 0. The molecule has 2 amide bonds. The maximum absolute atomic E-state index is 11.6. The summed E-state index contributed by atoms with van der Waals surface area (Å²) < 4.78 is 0. The number of nitrogens with one attached hydrogen (secondary N) is 2. The highest BCUT2D eigenvalue weighted by molar-refractivity contribution is 7.99. The summed E-state index contributed by atoms with van der Waals surface area (Å²) in [6.07, 6.45) is 0.887. The molecule has 0 aromatic heterocycles. The van der Waals surface area contributed by atoms with Gasteiger partial charge in [0.2, 0.25) is 0 Å². The van der Waals surface area contributed by atoms with Gasteiger partial charge >= 0.3 is 6.03 Å². The molecule has 2 aromatic carbocycles. The number of urea groups is 1. The second-order valence-corrected chi connectivity index (χ2v) is 5.91. The van der Waals surface area contributed by atoms with Crippen molar-refractivity contribution in [2.45, 2.75) is 23.1 Å². The summed E-state index contributed by atoms with van der Waals surface area (Å²) >= 11 is 1.50. The topological polar surface area (TPSA) is 84.3 Å². The first kappa shape index (κ1) is 16.8. The zero-order valence-electron chi connectivity index (χ0n) is 12.6. The number of nitro groups is 1. The van der Waals surface area contributed by atoms with Crippen LogP contribution >= 0.6 is 11.8 Å². The monoisotopic (exact) mass is 331 g/mol. The Kier molecular flexibility index (Phi) is 5.99. The van der Waals surface area contributed by atoms with Crippen molar-refractivity contribution in [3.63, 3.8) is 0 Å². The average Bonchev–Trinajstić information content (AvgIpc) is 2.55. The molecule has 0 bridgehead atoms. The van der Waals surface area contributed by atoms with Gasteiger partial charge in [-0.3, -0.25) is 10.1 Å². The molecule has 7 heteroatoms. The van der Waals surface area contributed by atoms with Crippen molar-refractivity contribution in [3.8, 4) is 0 Å². The highest BCUT2D eigenvalue weighted by Gasteiger charge is 2.05. The van der Waals surface area contributed by atoms with Crippen molar-refractivity contribution in [3.05, 3.63) is 58.6 Å². The molecule has 0 atom stereocenters. The van der Waals surface area contributed by atoms with Crippen LogP contribution in [0.2, 0.25) is 0 Å². The summed E-state index contributed by atoms with van der Waals surface area (Å²) in [6, 6.07) is 13.6. The minimum Gasteiger partial charge on any atom is -0.338 e. The summed E-state index contributed by atoms with van der Waals surface area (Å²) in [4.78, 5) is 23.7. The van der Waals surface area contributed by atoms with E-state index in [2.05, 4.69) is 10.6 Å². The average molecular weight is 331 g/mol. The van der Waals surface area contributed by atoms with E-state index in [9.17, 15) is 14.9 Å². The second kappa shape index (κ2) is 8.19. The van der Waals surface area contributed by atoms with Crippen LogP contribution < -0.4 is 10.6 Å². The van der Waals surface area contributed by atoms with Crippen molar-refractivity contribution in [1.82, 2.24) is 5.32 Å². The van der Waals surface area contributed by atoms with Gasteiger partial charge in [0.05, 0.1) is 4.92 Å². The maximum Gasteiger partial charge on any atom is 0.319 e. The molecular weight excluding hydrogens is 314 g/mol. The van der Waals surface area contributed by atoms with Gasteiger partial charge in [-0.25, -0.2) is 4.79 Å². The lowest BCUT2D eigenvalue weighted by Crippen LogP contribution is -2.29. The summed E-state index contributed by atoms with van der Waals surface area (Å²) in [6.45, 7) is 2.63. The van der Waals surface area contributed by atoms with E-state index in [-0.39, 0.29) is 11.7 Å². The van der Waals surface area contributed by atoms with E-state index in [1.54, 1.807) is 12.1 Å². The number of benzene rings is 2. The lowest BCUT2D eigenvalue weighted by atomic mass is 10.3. The molecule has 0 radical (unpaired) electrons.